The molecule has 0 bridgehead atoms. The van der Waals surface area contributed by atoms with Crippen LogP contribution in [0.1, 0.15) is 70.2 Å². The van der Waals surface area contributed by atoms with E-state index in [4.69, 9.17) is 4.74 Å². The van der Waals surface area contributed by atoms with Gasteiger partial charge in [-0.25, -0.2) is 4.79 Å². The van der Waals surface area contributed by atoms with Gasteiger partial charge in [-0.2, -0.15) is 0 Å². The van der Waals surface area contributed by atoms with Gasteiger partial charge in [-0.05, 0) is 64.7 Å². The van der Waals surface area contributed by atoms with Crippen LogP contribution >= 0.6 is 0 Å². The molecule has 1 aromatic carbocycles. The van der Waals surface area contributed by atoms with Crippen molar-refractivity contribution in [2.24, 2.45) is 0 Å². The average Bonchev–Trinajstić information content (AvgIpc) is 2.71. The summed E-state index contributed by atoms with van der Waals surface area (Å²) in [5, 5.41) is 15.4. The highest BCUT2D eigenvalue weighted by Gasteiger charge is 2.37. The fourth-order valence-electron chi connectivity index (χ4n) is 3.81. The summed E-state index contributed by atoms with van der Waals surface area (Å²) in [6.45, 7) is 16.0. The van der Waals surface area contributed by atoms with Crippen LogP contribution in [0, 0.1) is 13.8 Å². The zero-order chi connectivity index (χ0) is 26.1. The van der Waals surface area contributed by atoms with Gasteiger partial charge in [0.2, 0.25) is 11.8 Å². The fourth-order valence-corrected chi connectivity index (χ4v) is 3.81. The van der Waals surface area contributed by atoms with Gasteiger partial charge in [-0.15, -0.1) is 6.58 Å². The second kappa shape index (κ2) is 13.1. The van der Waals surface area contributed by atoms with Gasteiger partial charge in [0.05, 0.1) is 6.61 Å². The van der Waals surface area contributed by atoms with Crippen molar-refractivity contribution in [3.63, 3.8) is 0 Å². The lowest BCUT2D eigenvalue weighted by Crippen LogP contribution is -2.55. The minimum atomic E-state index is -1.29. The molecule has 1 aromatic rings. The monoisotopic (exact) mass is 475 g/mol. The zero-order valence-electron chi connectivity index (χ0n) is 21.6. The topological polar surface area (TPSA) is 108 Å². The van der Waals surface area contributed by atoms with E-state index >= 15 is 0 Å². The smallest absolute Gasteiger partial charge is 0.408 e. The molecular formula is C26H41N3O5. The summed E-state index contributed by atoms with van der Waals surface area (Å²) in [6, 6.07) is 3.32. The van der Waals surface area contributed by atoms with Crippen LogP contribution in [0.3, 0.4) is 0 Å². The minimum Gasteiger partial charge on any atom is -0.444 e. The number of rotatable bonds is 11. The van der Waals surface area contributed by atoms with Crippen LogP contribution in [0.15, 0.2) is 30.9 Å². The van der Waals surface area contributed by atoms with E-state index in [0.29, 0.717) is 5.56 Å². The molecule has 0 heterocycles. The number of carbonyl (C=O) groups is 3. The molecule has 0 spiro atoms. The lowest BCUT2D eigenvalue weighted by atomic mass is 9.93. The number of amides is 3. The van der Waals surface area contributed by atoms with Crippen molar-refractivity contribution < 1.29 is 24.2 Å². The normalized spacial score (nSPS) is 13.9. The van der Waals surface area contributed by atoms with Crippen LogP contribution < -0.4 is 10.6 Å². The van der Waals surface area contributed by atoms with Gasteiger partial charge >= 0.3 is 6.09 Å². The first-order valence-corrected chi connectivity index (χ1v) is 11.7. The number of aliphatic hydroxyl groups is 1. The highest BCUT2D eigenvalue weighted by atomic mass is 16.6. The molecule has 8 nitrogen and oxygen atoms in total. The van der Waals surface area contributed by atoms with Gasteiger partial charge in [0.1, 0.15) is 17.7 Å². The maximum atomic E-state index is 13.6. The largest absolute Gasteiger partial charge is 0.444 e. The predicted molar refractivity (Wildman–Crippen MR) is 133 cm³/mol. The van der Waals surface area contributed by atoms with E-state index in [9.17, 15) is 19.5 Å². The predicted octanol–water partition coefficient (Wildman–Crippen LogP) is 3.55. The Balaban J connectivity index is 3.44. The van der Waals surface area contributed by atoms with Crippen molar-refractivity contribution in [3.05, 3.63) is 47.5 Å². The summed E-state index contributed by atoms with van der Waals surface area (Å²) in [5.41, 5.74) is 1.63. The summed E-state index contributed by atoms with van der Waals surface area (Å²) in [5.74, 6) is -0.943. The number of nitrogens with zero attached hydrogens (tertiary/aromatic N) is 1. The van der Waals surface area contributed by atoms with Crippen molar-refractivity contribution in [1.29, 1.82) is 0 Å². The Labute approximate surface area is 203 Å². The Morgan fingerprint density at radius 3 is 2.24 bits per heavy atom. The molecule has 34 heavy (non-hydrogen) atoms. The highest BCUT2D eigenvalue weighted by molar-refractivity contribution is 5.92. The van der Waals surface area contributed by atoms with Gasteiger partial charge in [0, 0.05) is 12.6 Å². The Kier molecular flexibility index (Phi) is 11.3. The molecule has 3 N–H and O–H groups in total. The number of hydrogen-bond donors (Lipinski definition) is 3. The van der Waals surface area contributed by atoms with E-state index in [-0.39, 0.29) is 18.5 Å². The maximum absolute atomic E-state index is 13.6. The maximum Gasteiger partial charge on any atom is 0.408 e. The van der Waals surface area contributed by atoms with Crippen molar-refractivity contribution in [2.75, 3.05) is 13.2 Å². The molecule has 3 atom stereocenters. The number of aliphatic hydroxyl groups excluding tert-OH is 1. The molecule has 0 aliphatic rings. The van der Waals surface area contributed by atoms with E-state index in [1.807, 2.05) is 45.9 Å². The standard InChI is InChI=1S/C26H41N3O5/c1-9-12-19(5)27-23(31)22(21-17(3)13-11-14-18(21)4)29(15-10-2)24(32)20(16-30)28-25(33)34-26(6,7)8/h10-11,13-14,19-20,22,30H,2,9,12,15-16H2,1,3-8H3,(H,27,31)(H,28,33). The van der Waals surface area contributed by atoms with Crippen molar-refractivity contribution >= 4 is 17.9 Å². The van der Waals surface area contributed by atoms with E-state index in [1.54, 1.807) is 20.8 Å². The van der Waals surface area contributed by atoms with Crippen LogP contribution in [-0.4, -0.2) is 58.8 Å². The first-order valence-electron chi connectivity index (χ1n) is 11.7. The van der Waals surface area contributed by atoms with Crippen LogP contribution in [0.4, 0.5) is 4.79 Å². The molecular weight excluding hydrogens is 434 g/mol. The summed E-state index contributed by atoms with van der Waals surface area (Å²) in [4.78, 5) is 40.8. The Morgan fingerprint density at radius 1 is 1.18 bits per heavy atom. The van der Waals surface area contributed by atoms with Crippen LogP contribution in [0.5, 0.6) is 0 Å². The van der Waals surface area contributed by atoms with Gasteiger partial charge in [-0.3, -0.25) is 9.59 Å². The minimum absolute atomic E-state index is 0.0410. The summed E-state index contributed by atoms with van der Waals surface area (Å²) < 4.78 is 5.24. The fraction of sp³-hybridized carbons (Fsp3) is 0.577. The van der Waals surface area contributed by atoms with Crippen molar-refractivity contribution in [2.45, 2.75) is 85.0 Å². The first kappa shape index (κ1) is 29.2. The Hall–Kier alpha value is -2.87. The molecule has 0 fully saturated rings. The third-order valence-electron chi connectivity index (χ3n) is 5.27. The third kappa shape index (κ3) is 8.48. The second-order valence-corrected chi connectivity index (χ2v) is 9.57. The summed E-state index contributed by atoms with van der Waals surface area (Å²) in [7, 11) is 0. The molecule has 3 unspecified atom stereocenters. The third-order valence-corrected chi connectivity index (χ3v) is 5.27. The SMILES string of the molecule is C=CCN(C(=O)C(CO)NC(=O)OC(C)(C)C)C(C(=O)NC(C)CCC)c1c(C)cccc1C. The number of hydrogen-bond acceptors (Lipinski definition) is 5. The van der Waals surface area contributed by atoms with Gasteiger partial charge in [0.15, 0.2) is 0 Å². The van der Waals surface area contributed by atoms with E-state index in [1.165, 1.54) is 11.0 Å². The molecule has 0 aliphatic carbocycles. The molecule has 0 radical (unpaired) electrons. The molecule has 1 rings (SSSR count). The van der Waals surface area contributed by atoms with E-state index < -0.39 is 36.3 Å². The number of carbonyl (C=O) groups excluding carboxylic acids is 3. The molecule has 8 heteroatoms. The van der Waals surface area contributed by atoms with Gasteiger partial charge in [0.25, 0.3) is 0 Å². The van der Waals surface area contributed by atoms with Gasteiger partial charge < -0.3 is 25.4 Å². The Morgan fingerprint density at radius 2 is 1.76 bits per heavy atom. The van der Waals surface area contributed by atoms with Crippen LogP contribution in [0.2, 0.25) is 0 Å². The number of alkyl carbamates (subject to hydrolysis) is 1. The lowest BCUT2D eigenvalue weighted by molar-refractivity contribution is -0.142. The van der Waals surface area contributed by atoms with Crippen LogP contribution in [-0.2, 0) is 14.3 Å². The molecule has 0 aliphatic heterocycles. The molecule has 190 valence electrons. The number of benzene rings is 1. The van der Waals surface area contributed by atoms with Gasteiger partial charge in [-0.1, -0.05) is 37.6 Å². The highest BCUT2D eigenvalue weighted by Crippen LogP contribution is 2.29. The number of nitrogens with one attached hydrogen (secondary N) is 2. The average molecular weight is 476 g/mol. The Bertz CT molecular complexity index is 842. The summed E-state index contributed by atoms with van der Waals surface area (Å²) >= 11 is 0. The number of ether oxygens (including phenoxy) is 1. The summed E-state index contributed by atoms with van der Waals surface area (Å²) in [6.07, 6.45) is 2.38. The second-order valence-electron chi connectivity index (χ2n) is 9.57. The lowest BCUT2D eigenvalue weighted by Gasteiger charge is -2.35. The molecule has 0 saturated heterocycles. The molecule has 0 saturated carbocycles. The van der Waals surface area contributed by atoms with E-state index in [2.05, 4.69) is 17.2 Å². The quantitative estimate of drug-likeness (QED) is 0.424. The first-order chi connectivity index (χ1) is 15.9. The number of aryl methyl sites for hydroxylation is 2. The van der Waals surface area contributed by atoms with Crippen LogP contribution in [0.25, 0.3) is 0 Å². The zero-order valence-corrected chi connectivity index (χ0v) is 21.6. The van der Waals surface area contributed by atoms with E-state index in [0.717, 1.165) is 24.0 Å². The molecule has 0 aromatic heterocycles. The van der Waals surface area contributed by atoms with Crippen molar-refractivity contribution in [3.8, 4) is 0 Å². The molecule has 3 amide bonds. The van der Waals surface area contributed by atoms with Crippen molar-refractivity contribution in [1.82, 2.24) is 15.5 Å².